The van der Waals surface area contributed by atoms with Crippen molar-refractivity contribution in [1.82, 2.24) is 8.87 Å². The van der Waals surface area contributed by atoms with Crippen molar-refractivity contribution in [2.75, 3.05) is 13.1 Å². The molecule has 0 radical (unpaired) electrons. The van der Waals surface area contributed by atoms with Crippen molar-refractivity contribution in [2.45, 2.75) is 75.5 Å². The zero-order valence-electron chi connectivity index (χ0n) is 22.8. The molecule has 1 aliphatic rings. The summed E-state index contributed by atoms with van der Waals surface area (Å²) in [6.07, 6.45) is -1.10. The van der Waals surface area contributed by atoms with Crippen molar-refractivity contribution < 1.29 is 32.9 Å². The fourth-order valence-electron chi connectivity index (χ4n) is 5.51. The Balaban J connectivity index is 0.00000462. The van der Waals surface area contributed by atoms with Crippen LogP contribution in [0.15, 0.2) is 59.5 Å². The second kappa shape index (κ2) is 14.4. The van der Waals surface area contributed by atoms with Gasteiger partial charge in [0.1, 0.15) is 10.7 Å². The van der Waals surface area contributed by atoms with E-state index in [4.69, 9.17) is 5.11 Å². The Morgan fingerprint density at radius 2 is 1.56 bits per heavy atom. The van der Waals surface area contributed by atoms with Gasteiger partial charge in [-0.2, -0.15) is 4.31 Å². The standard InChI is InChI=1S/C30H37FN2O6S.Na.H/c1-20(2)28-30(40(38,39)32-15-6-7-16-32)27(21-8-4-3-5-9-21)29(22-10-12-23(31)13-11-22)33(28)17-14-24(34)18-25(35)19-26(36)37;;/h3-5,8-13,20,24-25,34-35H,6-7,14-19H2,1-2H3,(H,36,37);;/t24-,25-;;/m1../s1. The first kappa shape index (κ1) is 33.5. The van der Waals surface area contributed by atoms with E-state index in [0.717, 1.165) is 12.8 Å². The van der Waals surface area contributed by atoms with E-state index in [1.165, 1.54) is 16.4 Å². The number of aliphatic carboxylic acids is 1. The van der Waals surface area contributed by atoms with E-state index in [2.05, 4.69) is 0 Å². The van der Waals surface area contributed by atoms with Crippen LogP contribution in [0.5, 0.6) is 0 Å². The Bertz CT molecular complexity index is 1420. The third-order valence-corrected chi connectivity index (χ3v) is 9.26. The number of carboxylic acid groups (broad SMARTS) is 1. The minimum absolute atomic E-state index is 0. The molecule has 0 bridgehead atoms. The van der Waals surface area contributed by atoms with Gasteiger partial charge in [-0.25, -0.2) is 12.8 Å². The van der Waals surface area contributed by atoms with Crippen LogP contribution in [0.4, 0.5) is 4.39 Å². The summed E-state index contributed by atoms with van der Waals surface area (Å²) in [6.45, 7) is 4.92. The Kier molecular flexibility index (Phi) is 11.8. The van der Waals surface area contributed by atoms with E-state index in [9.17, 15) is 27.8 Å². The molecule has 3 N–H and O–H groups in total. The van der Waals surface area contributed by atoms with E-state index in [1.807, 2.05) is 48.7 Å². The molecule has 0 spiro atoms. The SMILES string of the molecule is CC(C)c1c(S(=O)(=O)N2CCCC2)c(-c2ccccc2)c(-c2ccc(F)cc2)n1CC[C@@H](O)C[C@@H](O)CC(=O)O.[NaH]. The number of benzene rings is 2. The van der Waals surface area contributed by atoms with Gasteiger partial charge >= 0.3 is 35.5 Å². The summed E-state index contributed by atoms with van der Waals surface area (Å²) in [7, 11) is -3.91. The zero-order chi connectivity index (χ0) is 29.0. The first-order valence-corrected chi connectivity index (χ1v) is 15.1. The number of sulfonamides is 1. The summed E-state index contributed by atoms with van der Waals surface area (Å²) in [5, 5.41) is 29.7. The van der Waals surface area contributed by atoms with Crippen molar-refractivity contribution in [3.05, 3.63) is 66.1 Å². The van der Waals surface area contributed by atoms with Crippen LogP contribution in [0, 0.1) is 5.82 Å². The molecular weight excluding hydrogens is 558 g/mol. The molecule has 0 aliphatic carbocycles. The van der Waals surface area contributed by atoms with E-state index in [0.29, 0.717) is 41.2 Å². The summed E-state index contributed by atoms with van der Waals surface area (Å²) < 4.78 is 46.0. The van der Waals surface area contributed by atoms with Gasteiger partial charge in [-0.05, 0) is 67.0 Å². The molecule has 0 unspecified atom stereocenters. The molecule has 1 saturated heterocycles. The van der Waals surface area contributed by atoms with E-state index < -0.39 is 40.4 Å². The Labute approximate surface area is 263 Å². The molecule has 2 atom stereocenters. The number of aliphatic hydroxyl groups excluding tert-OH is 2. The number of nitrogens with zero attached hydrogens (tertiary/aromatic N) is 2. The third kappa shape index (κ3) is 7.67. The van der Waals surface area contributed by atoms with Gasteiger partial charge < -0.3 is 19.9 Å². The van der Waals surface area contributed by atoms with Gasteiger partial charge in [0.2, 0.25) is 10.0 Å². The van der Waals surface area contributed by atoms with Crippen molar-refractivity contribution in [1.29, 1.82) is 0 Å². The van der Waals surface area contributed by atoms with Crippen molar-refractivity contribution in [3.63, 3.8) is 0 Å². The summed E-state index contributed by atoms with van der Waals surface area (Å²) in [5.74, 6) is -1.80. The molecule has 0 saturated carbocycles. The van der Waals surface area contributed by atoms with Crippen LogP contribution in [0.25, 0.3) is 22.4 Å². The van der Waals surface area contributed by atoms with Gasteiger partial charge in [-0.15, -0.1) is 0 Å². The maximum atomic E-state index is 14.3. The van der Waals surface area contributed by atoms with Crippen molar-refractivity contribution in [3.8, 4) is 22.4 Å². The molecule has 4 rings (SSSR count). The van der Waals surface area contributed by atoms with E-state index >= 15 is 0 Å². The molecule has 1 fully saturated rings. The van der Waals surface area contributed by atoms with Gasteiger partial charge in [0.25, 0.3) is 0 Å². The summed E-state index contributed by atoms with van der Waals surface area (Å²) >= 11 is 0. The Morgan fingerprint density at radius 3 is 2.12 bits per heavy atom. The molecular formula is C30H38FN2NaO6S. The molecule has 0 amide bonds. The fraction of sp³-hybridized carbons (Fsp3) is 0.433. The fourth-order valence-corrected chi connectivity index (χ4v) is 7.59. The average molecular weight is 597 g/mol. The molecule has 1 aliphatic heterocycles. The van der Waals surface area contributed by atoms with Crippen molar-refractivity contribution in [2.24, 2.45) is 0 Å². The quantitative estimate of drug-likeness (QED) is 0.270. The van der Waals surface area contributed by atoms with Gasteiger partial charge in [-0.3, -0.25) is 4.79 Å². The van der Waals surface area contributed by atoms with Crippen LogP contribution in [0.2, 0.25) is 0 Å². The molecule has 3 aromatic rings. The number of aromatic nitrogens is 1. The summed E-state index contributed by atoms with van der Waals surface area (Å²) in [4.78, 5) is 11.2. The molecule has 218 valence electrons. The topological polar surface area (TPSA) is 120 Å². The van der Waals surface area contributed by atoms with Gasteiger partial charge in [0.15, 0.2) is 0 Å². The number of hydrogen-bond acceptors (Lipinski definition) is 5. The predicted molar refractivity (Wildman–Crippen MR) is 158 cm³/mol. The second-order valence-corrected chi connectivity index (χ2v) is 12.5. The van der Waals surface area contributed by atoms with Crippen LogP contribution < -0.4 is 0 Å². The minimum atomic E-state index is -3.91. The average Bonchev–Trinajstić information content (AvgIpc) is 3.56. The molecule has 8 nitrogen and oxygen atoms in total. The molecule has 11 heteroatoms. The van der Waals surface area contributed by atoms with Crippen LogP contribution in [0.3, 0.4) is 0 Å². The van der Waals surface area contributed by atoms with Crippen LogP contribution in [-0.4, -0.2) is 93.4 Å². The molecule has 2 heterocycles. The number of aliphatic hydroxyl groups is 2. The van der Waals surface area contributed by atoms with Gasteiger partial charge in [0, 0.05) is 30.9 Å². The molecule has 1 aromatic heterocycles. The van der Waals surface area contributed by atoms with E-state index in [1.54, 1.807) is 12.1 Å². The number of halogens is 1. The molecule has 41 heavy (non-hydrogen) atoms. The monoisotopic (exact) mass is 596 g/mol. The number of carbonyl (C=O) groups is 1. The van der Waals surface area contributed by atoms with Crippen LogP contribution >= 0.6 is 0 Å². The van der Waals surface area contributed by atoms with Gasteiger partial charge in [-0.1, -0.05) is 44.2 Å². The van der Waals surface area contributed by atoms with Gasteiger partial charge in [0.05, 0.1) is 24.3 Å². The predicted octanol–water partition coefficient (Wildman–Crippen LogP) is 4.20. The number of carboxylic acids is 1. The Hall–Kier alpha value is -2.05. The maximum absolute atomic E-state index is 14.3. The normalized spacial score (nSPS) is 15.6. The van der Waals surface area contributed by atoms with Crippen LogP contribution in [-0.2, 0) is 21.4 Å². The summed E-state index contributed by atoms with van der Waals surface area (Å²) in [5.41, 5.74) is 3.06. The summed E-state index contributed by atoms with van der Waals surface area (Å²) in [6, 6.07) is 15.2. The zero-order valence-corrected chi connectivity index (χ0v) is 23.6. The Morgan fingerprint density at radius 1 is 0.951 bits per heavy atom. The first-order valence-electron chi connectivity index (χ1n) is 13.7. The second-order valence-electron chi connectivity index (χ2n) is 10.7. The van der Waals surface area contributed by atoms with E-state index in [-0.39, 0.29) is 59.8 Å². The van der Waals surface area contributed by atoms with Crippen LogP contribution in [0.1, 0.15) is 57.6 Å². The molecule has 2 aromatic carbocycles. The number of rotatable bonds is 12. The third-order valence-electron chi connectivity index (χ3n) is 7.29. The first-order chi connectivity index (χ1) is 19.0. The number of hydrogen-bond donors (Lipinski definition) is 3. The van der Waals surface area contributed by atoms with Crippen molar-refractivity contribution >= 4 is 45.5 Å².